The van der Waals surface area contributed by atoms with Crippen molar-refractivity contribution in [3.63, 3.8) is 0 Å². The molecule has 0 saturated carbocycles. The van der Waals surface area contributed by atoms with E-state index in [1.807, 2.05) is 22.7 Å². The van der Waals surface area contributed by atoms with Crippen molar-refractivity contribution in [2.75, 3.05) is 0 Å². The van der Waals surface area contributed by atoms with Crippen LogP contribution in [0.1, 0.15) is 530 Å². The molecule has 2 aliphatic rings. The van der Waals surface area contributed by atoms with Gasteiger partial charge in [-0.15, -0.1) is 22.7 Å². The van der Waals surface area contributed by atoms with Gasteiger partial charge in [0, 0.05) is 15.2 Å². The monoisotopic (exact) mass is 1620 g/mol. The fourth-order valence-electron chi connectivity index (χ4n) is 17.9. The van der Waals surface area contributed by atoms with Crippen molar-refractivity contribution < 1.29 is 0 Å². The minimum atomic E-state index is 0.125. The predicted octanol–water partition coefficient (Wildman–Crippen LogP) is 37.6. The molecular formula is C100H171Br2S2Si. The third kappa shape index (κ3) is 43.8. The topological polar surface area (TPSA) is 0 Å². The maximum absolute atomic E-state index is 4.17. The second-order valence-electron chi connectivity index (χ2n) is 34.4. The summed E-state index contributed by atoms with van der Waals surface area (Å²) < 4.78 is 2.74. The van der Waals surface area contributed by atoms with E-state index in [4.69, 9.17) is 0 Å². The molecule has 1 radical (unpaired) electrons. The van der Waals surface area contributed by atoms with Crippen molar-refractivity contribution in [1.82, 2.24) is 0 Å². The minimum absolute atomic E-state index is 0.125. The molecule has 1 aliphatic heterocycles. The molecule has 0 bridgehead atoms. The Labute approximate surface area is 682 Å². The summed E-state index contributed by atoms with van der Waals surface area (Å²) in [5.41, 5.74) is 13.7. The average Bonchev–Trinajstić information content (AvgIpc) is 1.56. The van der Waals surface area contributed by atoms with Gasteiger partial charge in [0.05, 0.1) is 16.7 Å². The fraction of sp³-hybridized carbons (Fsp3) is 0.810. The highest BCUT2D eigenvalue weighted by atomic mass is 79.9. The van der Waals surface area contributed by atoms with Gasteiger partial charge in [-0.1, -0.05) is 495 Å². The van der Waals surface area contributed by atoms with E-state index in [1.54, 1.807) is 33.0 Å². The standard InChI is InChI=1S/C100H171Br2S2Si/c1-5-9-13-17-21-25-29-33-37-41-45-49-53-57-61-65-69-73-77-89-85-95(103-98(89)101)88-79-80-92-93-83-91(96-86-90(99(102)104-96)78-74-70-66-62-58-54-50-46-42-38-34-30-26-22-18-14-10-6-2)87-105-97(93)100(94(92)84-88,81-75-71-67-63-59-55-51-47-43-39-35-31-27-23-19-15-11-7-3)82-76-72-68-64-60-56-52-48-44-40-36-32-28-24-20-16-12-8-4/h79-80,83-87H,5-78,81-82H2,1-4H3. The summed E-state index contributed by atoms with van der Waals surface area (Å²) >= 11 is 12.3. The van der Waals surface area contributed by atoms with Crippen molar-refractivity contribution in [3.05, 3.63) is 76.8 Å². The SMILES string of the molecule is CCCCCCCCCCCCCCCCCCCCc1cc(C2=C[Si]=C3C(=C2)c2ccc(-c4cc(CCCCCCCCCCCCCCCCCCCC)c(Br)s4)cc2C3(CCCCCCCCCCCCCCCCCCCC)CCCCCCCCCCCCCCCCCCCC)sc1Br. The molecule has 0 amide bonds. The lowest BCUT2D eigenvalue weighted by atomic mass is 9.72. The molecule has 1 aliphatic carbocycles. The van der Waals surface area contributed by atoms with Crippen LogP contribution in [0.2, 0.25) is 0 Å². The number of thiophene rings is 2. The van der Waals surface area contributed by atoms with Gasteiger partial charge in [0.25, 0.3) is 0 Å². The van der Waals surface area contributed by atoms with Gasteiger partial charge in [0.1, 0.15) is 0 Å². The Morgan fingerprint density at radius 1 is 0.286 bits per heavy atom. The van der Waals surface area contributed by atoms with Crippen molar-refractivity contribution in [1.29, 1.82) is 0 Å². The maximum atomic E-state index is 4.17. The van der Waals surface area contributed by atoms with Crippen LogP contribution < -0.4 is 0 Å². The molecule has 0 spiro atoms. The smallest absolute Gasteiger partial charge is 0.0737 e. The van der Waals surface area contributed by atoms with Crippen molar-refractivity contribution in [2.45, 2.75) is 521 Å². The van der Waals surface area contributed by atoms with Crippen LogP contribution in [-0.2, 0) is 18.3 Å². The molecule has 1 aromatic carbocycles. The molecule has 601 valence electrons. The zero-order valence-corrected chi connectivity index (χ0v) is 76.2. The third-order valence-electron chi connectivity index (χ3n) is 24.8. The summed E-state index contributed by atoms with van der Waals surface area (Å²) in [4.78, 5) is 2.95. The number of unbranched alkanes of at least 4 members (excludes halogenated alkanes) is 68. The fourth-order valence-corrected chi connectivity index (χ4v) is 23.1. The highest BCUT2D eigenvalue weighted by molar-refractivity contribution is 9.11. The highest BCUT2D eigenvalue weighted by Gasteiger charge is 2.45. The second-order valence-corrected chi connectivity index (χ2v) is 40.2. The summed E-state index contributed by atoms with van der Waals surface area (Å²) in [5.74, 6) is 0. The largest absolute Gasteiger partial charge is 0.128 e. The molecule has 0 atom stereocenters. The van der Waals surface area contributed by atoms with Crippen LogP contribution in [0.15, 0.2) is 49.7 Å². The van der Waals surface area contributed by atoms with E-state index in [-0.39, 0.29) is 5.41 Å². The summed E-state index contributed by atoms with van der Waals surface area (Å²) in [7, 11) is 0.751. The Balaban J connectivity index is 1.20. The molecule has 5 rings (SSSR count). The third-order valence-corrected chi connectivity index (χ3v) is 30.4. The Morgan fingerprint density at radius 2 is 0.533 bits per heavy atom. The molecule has 0 saturated heterocycles. The van der Waals surface area contributed by atoms with Crippen LogP contribution in [-0.4, -0.2) is 14.3 Å². The van der Waals surface area contributed by atoms with Crippen LogP contribution in [0.25, 0.3) is 21.6 Å². The molecule has 5 heteroatoms. The summed E-state index contributed by atoms with van der Waals surface area (Å²) in [6, 6.07) is 13.1. The van der Waals surface area contributed by atoms with E-state index >= 15 is 0 Å². The average molecular weight is 1630 g/mol. The molecule has 0 N–H and O–H groups in total. The number of rotatable bonds is 78. The number of hydrogen-bond donors (Lipinski definition) is 0. The Hall–Kier alpha value is -0.853. The molecule has 105 heavy (non-hydrogen) atoms. The van der Waals surface area contributed by atoms with Gasteiger partial charge in [-0.3, -0.25) is 0 Å². The first-order valence-electron chi connectivity index (χ1n) is 47.7. The number of halogens is 2. The van der Waals surface area contributed by atoms with Gasteiger partial charge >= 0.3 is 0 Å². The number of aryl methyl sites for hydroxylation is 2. The van der Waals surface area contributed by atoms with E-state index in [0.29, 0.717) is 0 Å². The Kier molecular flexibility index (Phi) is 60.1. The molecule has 3 aromatic rings. The van der Waals surface area contributed by atoms with Crippen molar-refractivity contribution in [2.24, 2.45) is 0 Å². The van der Waals surface area contributed by atoms with Crippen LogP contribution in [0.4, 0.5) is 0 Å². The lowest BCUT2D eigenvalue weighted by Crippen LogP contribution is -2.34. The maximum Gasteiger partial charge on any atom is 0.0737 e. The van der Waals surface area contributed by atoms with E-state index in [1.165, 1.54) is 516 Å². The van der Waals surface area contributed by atoms with E-state index < -0.39 is 0 Å². The van der Waals surface area contributed by atoms with Crippen molar-refractivity contribution >= 4 is 80.0 Å². The van der Waals surface area contributed by atoms with Crippen LogP contribution in [0.3, 0.4) is 0 Å². The predicted molar refractivity (Wildman–Crippen MR) is 490 cm³/mol. The van der Waals surface area contributed by atoms with E-state index in [2.05, 4.69) is 102 Å². The van der Waals surface area contributed by atoms with Crippen LogP contribution in [0.5, 0.6) is 0 Å². The first-order chi connectivity index (χ1) is 51.9. The minimum Gasteiger partial charge on any atom is -0.128 e. The van der Waals surface area contributed by atoms with Crippen molar-refractivity contribution in [3.8, 4) is 10.4 Å². The Morgan fingerprint density at radius 3 is 0.819 bits per heavy atom. The zero-order chi connectivity index (χ0) is 74.2. The quantitative estimate of drug-likeness (QED) is 0.0390. The van der Waals surface area contributed by atoms with E-state index in [9.17, 15) is 0 Å². The van der Waals surface area contributed by atoms with Gasteiger partial charge in [-0.05, 0) is 139 Å². The first kappa shape index (κ1) is 94.7. The molecule has 0 unspecified atom stereocenters. The van der Waals surface area contributed by atoms with Gasteiger partial charge in [-0.2, -0.15) is 0 Å². The first-order valence-corrected chi connectivity index (χ1v) is 52.0. The number of hydrogen-bond acceptors (Lipinski definition) is 2. The van der Waals surface area contributed by atoms with Gasteiger partial charge in [0.15, 0.2) is 0 Å². The lowest BCUT2D eigenvalue weighted by Gasteiger charge is -2.34. The normalized spacial score (nSPS) is 13.3. The highest BCUT2D eigenvalue weighted by Crippen LogP contribution is 2.53. The summed E-state index contributed by atoms with van der Waals surface area (Å²) in [5, 5.41) is 1.80. The number of benzene rings is 1. The molecule has 2 aromatic heterocycles. The summed E-state index contributed by atoms with van der Waals surface area (Å²) in [6.45, 7) is 9.31. The second kappa shape index (κ2) is 66.6. The van der Waals surface area contributed by atoms with E-state index in [0.717, 1.165) is 9.13 Å². The number of allylic oxidation sites excluding steroid dienone is 3. The van der Waals surface area contributed by atoms with Crippen LogP contribution >= 0.6 is 54.5 Å². The lowest BCUT2D eigenvalue weighted by molar-refractivity contribution is 0.432. The molecule has 3 heterocycles. The molecule has 0 fully saturated rings. The number of fused-ring (bicyclic) bond motifs is 3. The summed E-state index contributed by atoms with van der Waals surface area (Å²) in [6.07, 6.45) is 111. The Bertz CT molecular complexity index is 2540. The van der Waals surface area contributed by atoms with Gasteiger partial charge in [-0.25, -0.2) is 0 Å². The zero-order valence-electron chi connectivity index (χ0n) is 70.4. The molecule has 0 nitrogen and oxygen atoms in total. The van der Waals surface area contributed by atoms with Gasteiger partial charge in [0.2, 0.25) is 0 Å². The molecular weight excluding hydrogens is 1450 g/mol. The van der Waals surface area contributed by atoms with Crippen LogP contribution in [0, 0.1) is 0 Å². The van der Waals surface area contributed by atoms with Gasteiger partial charge < -0.3 is 0 Å².